The van der Waals surface area contributed by atoms with Gasteiger partial charge in [0.05, 0.1) is 19.2 Å². The molecule has 0 aliphatic heterocycles. The molecule has 1 aromatic heterocycles. The molecule has 1 heterocycles. The van der Waals surface area contributed by atoms with E-state index in [1.807, 2.05) is 12.1 Å². The van der Waals surface area contributed by atoms with Crippen LogP contribution in [0.2, 0.25) is 0 Å². The van der Waals surface area contributed by atoms with Crippen LogP contribution in [0.4, 0.5) is 15.9 Å². The largest absolute Gasteiger partial charge is 0.493 e. The van der Waals surface area contributed by atoms with Crippen molar-refractivity contribution in [1.82, 2.24) is 14.9 Å². The second-order valence-electron chi connectivity index (χ2n) is 7.19. The zero-order valence-corrected chi connectivity index (χ0v) is 17.3. The minimum Gasteiger partial charge on any atom is -0.493 e. The molecule has 2 aromatic carbocycles. The van der Waals surface area contributed by atoms with Gasteiger partial charge in [-0.05, 0) is 70.2 Å². The van der Waals surface area contributed by atoms with Crippen molar-refractivity contribution in [1.29, 1.82) is 0 Å². The average molecular weight is 398 g/mol. The van der Waals surface area contributed by atoms with E-state index in [0.29, 0.717) is 29.5 Å². The standard InChI is InChI=1S/C22H27FN4O2/c1-15-11-16(7-8-18(15)23)26-22-17-12-20(28-4)21(13-19(17)24-14-25-22)29-10-6-5-9-27(2)3/h7-8,11-14H,5-6,9-10H2,1-4H3,(H,24,25,26). The Morgan fingerprint density at radius 2 is 1.90 bits per heavy atom. The van der Waals surface area contributed by atoms with Crippen LogP contribution in [0.1, 0.15) is 18.4 Å². The topological polar surface area (TPSA) is 59.5 Å². The number of aromatic nitrogens is 2. The Labute approximate surface area is 170 Å². The van der Waals surface area contributed by atoms with Crippen molar-refractivity contribution in [2.75, 3.05) is 39.7 Å². The van der Waals surface area contributed by atoms with Crippen LogP contribution in [0.5, 0.6) is 11.5 Å². The number of methoxy groups -OCH3 is 1. The molecular weight excluding hydrogens is 371 g/mol. The molecule has 0 unspecified atom stereocenters. The number of hydrogen-bond acceptors (Lipinski definition) is 6. The first-order valence-electron chi connectivity index (χ1n) is 9.61. The first-order chi connectivity index (χ1) is 14.0. The van der Waals surface area contributed by atoms with Gasteiger partial charge < -0.3 is 19.7 Å². The van der Waals surface area contributed by atoms with Crippen LogP contribution in [-0.2, 0) is 0 Å². The third kappa shape index (κ3) is 5.32. The van der Waals surface area contributed by atoms with Crippen molar-refractivity contribution in [2.24, 2.45) is 0 Å². The van der Waals surface area contributed by atoms with Crippen LogP contribution < -0.4 is 14.8 Å². The van der Waals surface area contributed by atoms with Crippen LogP contribution in [0, 0.1) is 12.7 Å². The predicted molar refractivity (Wildman–Crippen MR) is 114 cm³/mol. The summed E-state index contributed by atoms with van der Waals surface area (Å²) in [5, 5.41) is 4.03. The van der Waals surface area contributed by atoms with Gasteiger partial charge in [-0.3, -0.25) is 0 Å². The number of rotatable bonds is 9. The van der Waals surface area contributed by atoms with Gasteiger partial charge >= 0.3 is 0 Å². The highest BCUT2D eigenvalue weighted by Gasteiger charge is 2.12. The van der Waals surface area contributed by atoms with Crippen molar-refractivity contribution in [2.45, 2.75) is 19.8 Å². The first-order valence-corrected chi connectivity index (χ1v) is 9.61. The molecule has 0 saturated heterocycles. The van der Waals surface area contributed by atoms with Gasteiger partial charge in [0, 0.05) is 17.1 Å². The van der Waals surface area contributed by atoms with E-state index in [0.717, 1.165) is 36.0 Å². The highest BCUT2D eigenvalue weighted by Crippen LogP contribution is 2.35. The van der Waals surface area contributed by atoms with E-state index in [1.54, 1.807) is 26.2 Å². The molecule has 154 valence electrons. The molecule has 0 atom stereocenters. The lowest BCUT2D eigenvalue weighted by Gasteiger charge is -2.14. The lowest BCUT2D eigenvalue weighted by molar-refractivity contribution is 0.277. The molecule has 0 aliphatic rings. The van der Waals surface area contributed by atoms with Gasteiger partial charge in [0.1, 0.15) is 18.0 Å². The summed E-state index contributed by atoms with van der Waals surface area (Å²) in [6.07, 6.45) is 3.52. The molecule has 3 aromatic rings. The second kappa shape index (κ2) is 9.52. The zero-order chi connectivity index (χ0) is 20.8. The second-order valence-corrected chi connectivity index (χ2v) is 7.19. The summed E-state index contributed by atoms with van der Waals surface area (Å²) in [7, 11) is 5.73. The van der Waals surface area contributed by atoms with Crippen molar-refractivity contribution in [3.63, 3.8) is 0 Å². The molecular formula is C22H27FN4O2. The fraction of sp³-hybridized carbons (Fsp3) is 0.364. The number of aryl methyl sites for hydroxylation is 1. The lowest BCUT2D eigenvalue weighted by Crippen LogP contribution is -2.13. The smallest absolute Gasteiger partial charge is 0.163 e. The van der Waals surface area contributed by atoms with E-state index in [9.17, 15) is 4.39 Å². The maximum Gasteiger partial charge on any atom is 0.163 e. The van der Waals surface area contributed by atoms with E-state index in [1.165, 1.54) is 12.4 Å². The molecule has 0 bridgehead atoms. The average Bonchev–Trinajstić information content (AvgIpc) is 2.70. The lowest BCUT2D eigenvalue weighted by atomic mass is 10.2. The maximum atomic E-state index is 13.5. The summed E-state index contributed by atoms with van der Waals surface area (Å²) < 4.78 is 25.0. The Balaban J connectivity index is 1.81. The van der Waals surface area contributed by atoms with Crippen LogP contribution in [0.25, 0.3) is 10.9 Å². The summed E-state index contributed by atoms with van der Waals surface area (Å²) in [5.41, 5.74) is 2.06. The maximum absolute atomic E-state index is 13.5. The van der Waals surface area contributed by atoms with Gasteiger partial charge in [-0.2, -0.15) is 0 Å². The van der Waals surface area contributed by atoms with Crippen molar-refractivity contribution < 1.29 is 13.9 Å². The minimum atomic E-state index is -0.239. The zero-order valence-electron chi connectivity index (χ0n) is 17.3. The van der Waals surface area contributed by atoms with Crippen LogP contribution in [0.3, 0.4) is 0 Å². The van der Waals surface area contributed by atoms with Gasteiger partial charge in [0.2, 0.25) is 0 Å². The Morgan fingerprint density at radius 1 is 1.07 bits per heavy atom. The van der Waals surface area contributed by atoms with Crippen LogP contribution >= 0.6 is 0 Å². The van der Waals surface area contributed by atoms with Gasteiger partial charge in [-0.15, -0.1) is 0 Å². The van der Waals surface area contributed by atoms with Gasteiger partial charge in [0.15, 0.2) is 11.5 Å². The number of nitrogens with one attached hydrogen (secondary N) is 1. The Bertz CT molecular complexity index is 978. The van der Waals surface area contributed by atoms with E-state index in [2.05, 4.69) is 34.3 Å². The summed E-state index contributed by atoms with van der Waals surface area (Å²) in [5.74, 6) is 1.67. The van der Waals surface area contributed by atoms with Crippen molar-refractivity contribution in [3.05, 3.63) is 48.0 Å². The SMILES string of the molecule is COc1cc2c(Nc3ccc(F)c(C)c3)ncnc2cc1OCCCCN(C)C. The van der Waals surface area contributed by atoms with Crippen LogP contribution in [-0.4, -0.2) is 49.2 Å². The third-order valence-corrected chi connectivity index (χ3v) is 4.60. The number of anilines is 2. The molecule has 0 saturated carbocycles. The fourth-order valence-electron chi connectivity index (χ4n) is 3.01. The number of fused-ring (bicyclic) bond motifs is 1. The summed E-state index contributed by atoms with van der Waals surface area (Å²) >= 11 is 0. The number of hydrogen-bond donors (Lipinski definition) is 1. The third-order valence-electron chi connectivity index (χ3n) is 4.60. The molecule has 29 heavy (non-hydrogen) atoms. The number of nitrogens with zero attached hydrogens (tertiary/aromatic N) is 3. The Kier molecular flexibility index (Phi) is 6.82. The molecule has 7 heteroatoms. The summed E-state index contributed by atoms with van der Waals surface area (Å²) in [6, 6.07) is 8.58. The van der Waals surface area contributed by atoms with E-state index in [4.69, 9.17) is 9.47 Å². The highest BCUT2D eigenvalue weighted by atomic mass is 19.1. The van der Waals surface area contributed by atoms with Gasteiger partial charge in [-0.1, -0.05) is 0 Å². The normalized spacial score (nSPS) is 11.1. The van der Waals surface area contributed by atoms with Crippen molar-refractivity contribution in [3.8, 4) is 11.5 Å². The number of unbranched alkanes of at least 4 members (excludes halogenated alkanes) is 1. The monoisotopic (exact) mass is 398 g/mol. The molecule has 0 radical (unpaired) electrons. The van der Waals surface area contributed by atoms with Crippen LogP contribution in [0.15, 0.2) is 36.7 Å². The molecule has 0 amide bonds. The molecule has 3 rings (SSSR count). The van der Waals surface area contributed by atoms with Crippen molar-refractivity contribution >= 4 is 22.4 Å². The van der Waals surface area contributed by atoms with E-state index in [-0.39, 0.29) is 5.82 Å². The molecule has 0 fully saturated rings. The summed E-state index contributed by atoms with van der Waals surface area (Å²) in [4.78, 5) is 10.9. The Hall–Kier alpha value is -2.93. The van der Waals surface area contributed by atoms with E-state index >= 15 is 0 Å². The molecule has 0 aliphatic carbocycles. The summed E-state index contributed by atoms with van der Waals surface area (Å²) in [6.45, 7) is 3.37. The highest BCUT2D eigenvalue weighted by molar-refractivity contribution is 5.93. The number of ether oxygens (including phenoxy) is 2. The number of halogens is 1. The molecule has 1 N–H and O–H groups in total. The quantitative estimate of drug-likeness (QED) is 0.534. The van der Waals surface area contributed by atoms with Gasteiger partial charge in [-0.25, -0.2) is 14.4 Å². The molecule has 0 spiro atoms. The predicted octanol–water partition coefficient (Wildman–Crippen LogP) is 4.55. The Morgan fingerprint density at radius 3 is 2.62 bits per heavy atom. The minimum absolute atomic E-state index is 0.239. The first kappa shape index (κ1) is 20.8. The van der Waals surface area contributed by atoms with Gasteiger partial charge in [0.25, 0.3) is 0 Å². The van der Waals surface area contributed by atoms with E-state index < -0.39 is 0 Å². The molecule has 6 nitrogen and oxygen atoms in total. The number of benzene rings is 2. The fourth-order valence-corrected chi connectivity index (χ4v) is 3.01.